The van der Waals surface area contributed by atoms with E-state index in [9.17, 15) is 9.59 Å². The van der Waals surface area contributed by atoms with E-state index in [4.69, 9.17) is 5.73 Å². The number of nitrogens with zero attached hydrogens (tertiary/aromatic N) is 1. The van der Waals surface area contributed by atoms with Gasteiger partial charge in [0.05, 0.1) is 0 Å². The lowest BCUT2D eigenvalue weighted by Gasteiger charge is -2.36. The van der Waals surface area contributed by atoms with Crippen LogP contribution >= 0.6 is 15.9 Å². The van der Waals surface area contributed by atoms with E-state index in [1.54, 1.807) is 0 Å². The van der Waals surface area contributed by atoms with Crippen molar-refractivity contribution in [2.45, 2.75) is 65.1 Å². The fourth-order valence-corrected chi connectivity index (χ4v) is 4.76. The maximum Gasteiger partial charge on any atom is 0.253 e. The van der Waals surface area contributed by atoms with Crippen LogP contribution in [0, 0.1) is 20.8 Å². The Hall–Kier alpha value is -2.12. The Bertz CT molecular complexity index is 993. The summed E-state index contributed by atoms with van der Waals surface area (Å²) in [6.07, 6.45) is 4.17. The Morgan fingerprint density at radius 2 is 1.87 bits per heavy atom. The van der Waals surface area contributed by atoms with Crippen LogP contribution in [-0.4, -0.2) is 30.0 Å². The topological polar surface area (TPSA) is 91.2 Å². The average molecular weight is 475 g/mol. The van der Waals surface area contributed by atoms with Crippen molar-refractivity contribution in [3.8, 4) is 0 Å². The number of H-pyrrole nitrogens is 1. The van der Waals surface area contributed by atoms with Crippen LogP contribution in [0.2, 0.25) is 0 Å². The van der Waals surface area contributed by atoms with Gasteiger partial charge in [0.1, 0.15) is 0 Å². The molecule has 6 nitrogen and oxygen atoms in total. The highest BCUT2D eigenvalue weighted by molar-refractivity contribution is 9.10. The fraction of sp³-hybridized carbons (Fsp3) is 0.478. The van der Waals surface area contributed by atoms with E-state index < -0.39 is 0 Å². The molecule has 3 rings (SSSR count). The van der Waals surface area contributed by atoms with Crippen LogP contribution in [0.3, 0.4) is 0 Å². The van der Waals surface area contributed by atoms with Gasteiger partial charge in [-0.05, 0) is 75.8 Å². The number of pyridine rings is 1. The molecule has 1 aromatic heterocycles. The Morgan fingerprint density at radius 3 is 2.50 bits per heavy atom. The minimum Gasteiger partial charge on any atom is -0.371 e. The van der Waals surface area contributed by atoms with E-state index in [1.165, 1.54) is 0 Å². The molecule has 0 unspecified atom stereocenters. The molecule has 1 fully saturated rings. The number of carbonyl (C=O) groups is 1. The average Bonchev–Trinajstić information content (AvgIpc) is 2.68. The first-order chi connectivity index (χ1) is 14.2. The molecule has 7 heteroatoms. The lowest BCUT2D eigenvalue weighted by molar-refractivity contribution is 0.0950. The summed E-state index contributed by atoms with van der Waals surface area (Å²) >= 11 is 3.56. The molecule has 1 aromatic carbocycles. The van der Waals surface area contributed by atoms with E-state index in [0.29, 0.717) is 23.2 Å². The Morgan fingerprint density at radius 1 is 1.20 bits per heavy atom. The number of hydrogen-bond donors (Lipinski definition) is 3. The van der Waals surface area contributed by atoms with Crippen LogP contribution in [0.15, 0.2) is 27.5 Å². The third-order valence-electron chi connectivity index (χ3n) is 6.18. The number of halogens is 1. The van der Waals surface area contributed by atoms with E-state index in [2.05, 4.69) is 44.2 Å². The lowest BCUT2D eigenvalue weighted by Crippen LogP contribution is -2.39. The Kier molecular flexibility index (Phi) is 7.03. The van der Waals surface area contributed by atoms with Crippen LogP contribution in [0.5, 0.6) is 0 Å². The van der Waals surface area contributed by atoms with Crippen molar-refractivity contribution in [2.75, 3.05) is 11.9 Å². The van der Waals surface area contributed by atoms with Gasteiger partial charge in [0.15, 0.2) is 0 Å². The quantitative estimate of drug-likeness (QED) is 0.615. The maximum atomic E-state index is 13.0. The number of anilines is 1. The third kappa shape index (κ3) is 4.95. The van der Waals surface area contributed by atoms with E-state index in [-0.39, 0.29) is 18.0 Å². The Balaban J connectivity index is 1.81. The summed E-state index contributed by atoms with van der Waals surface area (Å²) in [6, 6.07) is 6.53. The maximum absolute atomic E-state index is 13.0. The van der Waals surface area contributed by atoms with E-state index in [1.807, 2.05) is 32.9 Å². The van der Waals surface area contributed by atoms with E-state index >= 15 is 0 Å². The minimum atomic E-state index is -0.187. The normalized spacial score (nSPS) is 18.9. The number of hydrogen-bond acceptors (Lipinski definition) is 4. The number of rotatable bonds is 5. The third-order valence-corrected chi connectivity index (χ3v) is 6.64. The van der Waals surface area contributed by atoms with Crippen molar-refractivity contribution in [1.82, 2.24) is 10.3 Å². The first kappa shape index (κ1) is 22.6. The summed E-state index contributed by atoms with van der Waals surface area (Å²) in [5.41, 5.74) is 10.8. The van der Waals surface area contributed by atoms with Crippen molar-refractivity contribution in [1.29, 1.82) is 0 Å². The van der Waals surface area contributed by atoms with Gasteiger partial charge in [-0.25, -0.2) is 0 Å². The number of nitrogens with two attached hydrogens (primary N) is 1. The van der Waals surface area contributed by atoms with Crippen LogP contribution in [-0.2, 0) is 6.54 Å². The SMILES string of the molecule is Cc1cc(C)c(CNC(=O)c2cc(Br)cc(N(C)C3CCC(N)CC3)c2C)c(=O)[nH]1. The predicted octanol–water partition coefficient (Wildman–Crippen LogP) is 3.70. The number of amides is 1. The predicted molar refractivity (Wildman–Crippen MR) is 125 cm³/mol. The molecule has 0 saturated heterocycles. The molecule has 1 amide bonds. The van der Waals surface area contributed by atoms with Crippen molar-refractivity contribution in [3.05, 3.63) is 61.0 Å². The molecule has 1 aliphatic carbocycles. The molecule has 0 aliphatic heterocycles. The summed E-state index contributed by atoms with van der Waals surface area (Å²) in [5.74, 6) is -0.187. The van der Waals surface area contributed by atoms with Crippen LogP contribution in [0.1, 0.15) is 58.4 Å². The summed E-state index contributed by atoms with van der Waals surface area (Å²) in [4.78, 5) is 30.3. The highest BCUT2D eigenvalue weighted by Crippen LogP contribution is 2.32. The second-order valence-electron chi connectivity index (χ2n) is 8.40. The van der Waals surface area contributed by atoms with Gasteiger partial charge in [0.25, 0.3) is 11.5 Å². The van der Waals surface area contributed by atoms with Crippen LogP contribution in [0.25, 0.3) is 0 Å². The van der Waals surface area contributed by atoms with Gasteiger partial charge in [0.2, 0.25) is 0 Å². The molecule has 30 heavy (non-hydrogen) atoms. The largest absolute Gasteiger partial charge is 0.371 e. The molecule has 4 N–H and O–H groups in total. The van der Waals surface area contributed by atoms with Crippen molar-refractivity contribution in [2.24, 2.45) is 5.73 Å². The van der Waals surface area contributed by atoms with Crippen molar-refractivity contribution in [3.63, 3.8) is 0 Å². The van der Waals surface area contributed by atoms with Crippen LogP contribution in [0.4, 0.5) is 5.69 Å². The minimum absolute atomic E-state index is 0.158. The zero-order valence-electron chi connectivity index (χ0n) is 18.1. The smallest absolute Gasteiger partial charge is 0.253 e. The monoisotopic (exact) mass is 474 g/mol. The molecule has 0 bridgehead atoms. The van der Waals surface area contributed by atoms with Gasteiger partial charge >= 0.3 is 0 Å². The first-order valence-corrected chi connectivity index (χ1v) is 11.2. The van der Waals surface area contributed by atoms with Crippen molar-refractivity contribution < 1.29 is 4.79 Å². The summed E-state index contributed by atoms with van der Waals surface area (Å²) in [5, 5.41) is 2.92. The van der Waals surface area contributed by atoms with Gasteiger partial charge in [-0.15, -0.1) is 0 Å². The molecule has 1 saturated carbocycles. The standard InChI is InChI=1S/C23H31BrN4O2/c1-13-9-14(2)27-23(30)20(13)12-26-22(29)19-10-16(24)11-21(15(19)3)28(4)18-7-5-17(25)6-8-18/h9-11,17-18H,5-8,12,25H2,1-4H3,(H,26,29)(H,27,30). The number of aromatic amines is 1. The van der Waals surface area contributed by atoms with Gasteiger partial charge in [-0.2, -0.15) is 0 Å². The first-order valence-electron chi connectivity index (χ1n) is 10.4. The highest BCUT2D eigenvalue weighted by atomic mass is 79.9. The second kappa shape index (κ2) is 9.35. The summed E-state index contributed by atoms with van der Waals surface area (Å²) in [7, 11) is 2.09. The van der Waals surface area contributed by atoms with Crippen LogP contribution < -0.4 is 21.5 Å². The molecule has 0 atom stereocenters. The molecule has 2 aromatic rings. The molecular weight excluding hydrogens is 444 g/mol. The number of nitrogens with one attached hydrogen (secondary N) is 2. The van der Waals surface area contributed by atoms with E-state index in [0.717, 1.165) is 52.7 Å². The molecule has 0 radical (unpaired) electrons. The van der Waals surface area contributed by atoms with Gasteiger partial charge in [-0.3, -0.25) is 9.59 Å². The number of aromatic nitrogens is 1. The van der Waals surface area contributed by atoms with Gasteiger partial charge in [-0.1, -0.05) is 15.9 Å². The molecule has 1 heterocycles. The highest BCUT2D eigenvalue weighted by Gasteiger charge is 2.25. The van der Waals surface area contributed by atoms with Gasteiger partial charge in [0, 0.05) is 52.7 Å². The summed E-state index contributed by atoms with van der Waals surface area (Å²) < 4.78 is 0.858. The molecule has 0 spiro atoms. The molecule has 162 valence electrons. The van der Waals surface area contributed by atoms with Crippen molar-refractivity contribution >= 4 is 27.5 Å². The van der Waals surface area contributed by atoms with Gasteiger partial charge < -0.3 is 20.9 Å². The number of carbonyl (C=O) groups excluding carboxylic acids is 1. The lowest BCUT2D eigenvalue weighted by atomic mass is 9.90. The second-order valence-corrected chi connectivity index (χ2v) is 9.32. The number of aryl methyl sites for hydroxylation is 2. The molecular formula is C23H31BrN4O2. The fourth-order valence-electron chi connectivity index (χ4n) is 4.32. The Labute approximate surface area is 186 Å². The molecule has 1 aliphatic rings. The summed E-state index contributed by atoms with van der Waals surface area (Å²) in [6.45, 7) is 5.90. The number of benzene rings is 1. The zero-order valence-corrected chi connectivity index (χ0v) is 19.7. The zero-order chi connectivity index (χ0) is 22.0.